The highest BCUT2D eigenvalue weighted by molar-refractivity contribution is 5.99. The zero-order valence-corrected chi connectivity index (χ0v) is 18.8. The van der Waals surface area contributed by atoms with Gasteiger partial charge in [-0.05, 0) is 42.0 Å². The third kappa shape index (κ3) is 4.70. The van der Waals surface area contributed by atoms with E-state index in [1.165, 1.54) is 5.56 Å². The van der Waals surface area contributed by atoms with Crippen LogP contribution in [0.1, 0.15) is 42.4 Å². The monoisotopic (exact) mass is 442 g/mol. The van der Waals surface area contributed by atoms with E-state index >= 15 is 0 Å². The van der Waals surface area contributed by atoms with E-state index in [0.717, 1.165) is 55.5 Å². The summed E-state index contributed by atoms with van der Waals surface area (Å²) in [5.74, 6) is -0.381. The van der Waals surface area contributed by atoms with Crippen molar-refractivity contribution < 1.29 is 9.59 Å². The second-order valence-electron chi connectivity index (χ2n) is 9.14. The van der Waals surface area contributed by atoms with Crippen LogP contribution in [0.4, 0.5) is 5.69 Å². The first-order chi connectivity index (χ1) is 16.2. The molecule has 3 aromatic rings. The normalized spacial score (nSPS) is 19.8. The quantitative estimate of drug-likeness (QED) is 0.629. The molecule has 1 aliphatic heterocycles. The van der Waals surface area contributed by atoms with Crippen molar-refractivity contribution in [1.29, 1.82) is 0 Å². The highest BCUT2D eigenvalue weighted by atomic mass is 16.2. The molecule has 6 heteroatoms. The van der Waals surface area contributed by atoms with Crippen LogP contribution in [0.5, 0.6) is 0 Å². The molecular weight excluding hydrogens is 412 g/mol. The van der Waals surface area contributed by atoms with Crippen LogP contribution in [0.3, 0.4) is 0 Å². The van der Waals surface area contributed by atoms with Crippen LogP contribution in [0.2, 0.25) is 0 Å². The molecule has 1 aliphatic carbocycles. The van der Waals surface area contributed by atoms with E-state index < -0.39 is 0 Å². The lowest BCUT2D eigenvalue weighted by molar-refractivity contribution is -0.135. The van der Waals surface area contributed by atoms with Crippen LogP contribution in [-0.4, -0.2) is 27.9 Å². The topological polar surface area (TPSA) is 67.2 Å². The number of hydrogen-bond acceptors (Lipinski definition) is 3. The van der Waals surface area contributed by atoms with E-state index in [4.69, 9.17) is 0 Å². The number of nitrogens with zero attached hydrogens (tertiary/aromatic N) is 3. The molecule has 33 heavy (non-hydrogen) atoms. The largest absolute Gasteiger partial charge is 0.352 e. The SMILES string of the molecule is O=C(NCc1cccc(Cn2ccnc2)c1)C1CCCCC1C(=O)N1CCc2ccccc21. The minimum absolute atomic E-state index is 0.000504. The van der Waals surface area contributed by atoms with Gasteiger partial charge in [0.1, 0.15) is 0 Å². The van der Waals surface area contributed by atoms with Crippen molar-refractivity contribution in [1.82, 2.24) is 14.9 Å². The van der Waals surface area contributed by atoms with E-state index in [9.17, 15) is 9.59 Å². The Labute approximate surface area is 194 Å². The van der Waals surface area contributed by atoms with Crippen LogP contribution < -0.4 is 10.2 Å². The molecule has 1 aromatic heterocycles. The Morgan fingerprint density at radius 3 is 2.67 bits per heavy atom. The van der Waals surface area contributed by atoms with Crippen LogP contribution in [0.25, 0.3) is 0 Å². The number of hydrogen-bond donors (Lipinski definition) is 1. The third-order valence-corrected chi connectivity index (χ3v) is 6.96. The van der Waals surface area contributed by atoms with E-state index in [-0.39, 0.29) is 23.7 Å². The molecule has 2 heterocycles. The Morgan fingerprint density at radius 2 is 1.82 bits per heavy atom. The standard InChI is InChI=1S/C27H30N4O2/c32-26(29-17-20-6-5-7-21(16-20)18-30-15-13-28-19-30)23-9-2-3-10-24(23)27(33)31-14-12-22-8-1-4-11-25(22)31/h1,4-8,11,13,15-16,19,23-24H,2-3,9-10,12,14,17-18H2,(H,29,32). The molecule has 170 valence electrons. The summed E-state index contributed by atoms with van der Waals surface area (Å²) in [5.41, 5.74) is 4.46. The summed E-state index contributed by atoms with van der Waals surface area (Å²) in [4.78, 5) is 32.7. The van der Waals surface area contributed by atoms with Gasteiger partial charge >= 0.3 is 0 Å². The van der Waals surface area contributed by atoms with E-state index in [2.05, 4.69) is 28.5 Å². The molecule has 5 rings (SSSR count). The number of anilines is 1. The molecule has 6 nitrogen and oxygen atoms in total. The number of amides is 2. The van der Waals surface area contributed by atoms with E-state index in [1.807, 2.05) is 46.0 Å². The van der Waals surface area contributed by atoms with Gasteiger partial charge < -0.3 is 14.8 Å². The highest BCUT2D eigenvalue weighted by Crippen LogP contribution is 2.36. The van der Waals surface area contributed by atoms with Gasteiger partial charge in [-0.15, -0.1) is 0 Å². The fourth-order valence-electron chi connectivity index (χ4n) is 5.26. The molecule has 0 saturated heterocycles. The predicted octanol–water partition coefficient (Wildman–Crippen LogP) is 3.94. The summed E-state index contributed by atoms with van der Waals surface area (Å²) in [6, 6.07) is 16.4. The van der Waals surface area contributed by atoms with Gasteiger partial charge in [-0.25, -0.2) is 4.98 Å². The number of rotatable bonds is 6. The molecule has 2 aliphatic rings. The zero-order chi connectivity index (χ0) is 22.6. The predicted molar refractivity (Wildman–Crippen MR) is 128 cm³/mol. The highest BCUT2D eigenvalue weighted by Gasteiger charge is 2.39. The molecule has 2 atom stereocenters. The Kier molecular flexibility index (Phi) is 6.24. The average Bonchev–Trinajstić information content (AvgIpc) is 3.52. The lowest BCUT2D eigenvalue weighted by atomic mass is 9.77. The van der Waals surface area contributed by atoms with Gasteiger partial charge in [0.05, 0.1) is 12.2 Å². The molecule has 2 unspecified atom stereocenters. The van der Waals surface area contributed by atoms with Gasteiger partial charge in [0.2, 0.25) is 11.8 Å². The van der Waals surface area contributed by atoms with Crippen LogP contribution >= 0.6 is 0 Å². The van der Waals surface area contributed by atoms with Crippen molar-refractivity contribution in [2.75, 3.05) is 11.4 Å². The molecule has 0 radical (unpaired) electrons. The van der Waals surface area contributed by atoms with Crippen molar-refractivity contribution in [3.05, 3.63) is 83.9 Å². The Balaban J connectivity index is 1.24. The lowest BCUT2D eigenvalue weighted by Gasteiger charge is -2.32. The van der Waals surface area contributed by atoms with Crippen LogP contribution in [0.15, 0.2) is 67.3 Å². The molecule has 2 amide bonds. The van der Waals surface area contributed by atoms with Crippen LogP contribution in [-0.2, 0) is 29.1 Å². The van der Waals surface area contributed by atoms with Crippen LogP contribution in [0, 0.1) is 11.8 Å². The van der Waals surface area contributed by atoms with Gasteiger partial charge in [-0.1, -0.05) is 55.3 Å². The van der Waals surface area contributed by atoms with Gasteiger partial charge in [0.25, 0.3) is 0 Å². The van der Waals surface area contributed by atoms with E-state index in [0.29, 0.717) is 13.1 Å². The van der Waals surface area contributed by atoms with Gasteiger partial charge in [0, 0.05) is 43.6 Å². The van der Waals surface area contributed by atoms with Crippen molar-refractivity contribution in [2.45, 2.75) is 45.2 Å². The molecule has 0 bridgehead atoms. The van der Waals surface area contributed by atoms with Crippen molar-refractivity contribution in [3.8, 4) is 0 Å². The zero-order valence-electron chi connectivity index (χ0n) is 18.8. The fraction of sp³-hybridized carbons (Fsp3) is 0.370. The summed E-state index contributed by atoms with van der Waals surface area (Å²) < 4.78 is 2.02. The maximum Gasteiger partial charge on any atom is 0.230 e. The molecule has 0 spiro atoms. The number of benzene rings is 2. The second kappa shape index (κ2) is 9.61. The number of carbonyl (C=O) groups excluding carboxylic acids is 2. The molecule has 1 saturated carbocycles. The molecule has 1 fully saturated rings. The molecule has 1 N–H and O–H groups in total. The van der Waals surface area contributed by atoms with Gasteiger partial charge in [0.15, 0.2) is 0 Å². The number of para-hydroxylation sites is 1. The first-order valence-electron chi connectivity index (χ1n) is 11.9. The first kappa shape index (κ1) is 21.4. The summed E-state index contributed by atoms with van der Waals surface area (Å²) in [6.07, 6.45) is 9.97. The number of fused-ring (bicyclic) bond motifs is 1. The number of imidazole rings is 1. The Bertz CT molecular complexity index is 1120. The van der Waals surface area contributed by atoms with Crippen molar-refractivity contribution >= 4 is 17.5 Å². The summed E-state index contributed by atoms with van der Waals surface area (Å²) >= 11 is 0. The minimum Gasteiger partial charge on any atom is -0.352 e. The van der Waals surface area contributed by atoms with Crippen molar-refractivity contribution in [2.24, 2.45) is 11.8 Å². The van der Waals surface area contributed by atoms with E-state index in [1.54, 1.807) is 12.5 Å². The Hall–Kier alpha value is -3.41. The van der Waals surface area contributed by atoms with Gasteiger partial charge in [-0.3, -0.25) is 9.59 Å². The summed E-state index contributed by atoms with van der Waals surface area (Å²) in [5, 5.41) is 3.12. The maximum absolute atomic E-state index is 13.5. The minimum atomic E-state index is -0.256. The fourth-order valence-corrected chi connectivity index (χ4v) is 5.26. The molecule has 2 aromatic carbocycles. The average molecular weight is 443 g/mol. The lowest BCUT2D eigenvalue weighted by Crippen LogP contribution is -2.45. The second-order valence-corrected chi connectivity index (χ2v) is 9.14. The Morgan fingerprint density at radius 1 is 1.00 bits per heavy atom. The number of aromatic nitrogens is 2. The van der Waals surface area contributed by atoms with Crippen molar-refractivity contribution in [3.63, 3.8) is 0 Å². The van der Waals surface area contributed by atoms with Gasteiger partial charge in [-0.2, -0.15) is 0 Å². The number of nitrogens with one attached hydrogen (secondary N) is 1. The smallest absolute Gasteiger partial charge is 0.230 e. The summed E-state index contributed by atoms with van der Waals surface area (Å²) in [7, 11) is 0. The summed E-state index contributed by atoms with van der Waals surface area (Å²) in [6.45, 7) is 1.94. The number of carbonyl (C=O) groups is 2. The molecular formula is C27H30N4O2. The maximum atomic E-state index is 13.5. The first-order valence-corrected chi connectivity index (χ1v) is 11.9. The third-order valence-electron chi connectivity index (χ3n) is 6.96.